The average Bonchev–Trinajstić information content (AvgIpc) is 2.47. The molecule has 0 saturated carbocycles. The number of rotatable bonds is 5. The molecule has 6 heteroatoms. The lowest BCUT2D eigenvalue weighted by molar-refractivity contribution is 0.102. The Bertz CT molecular complexity index is 584. The number of amides is 1. The van der Waals surface area contributed by atoms with Gasteiger partial charge in [0, 0.05) is 12.8 Å². The van der Waals surface area contributed by atoms with Crippen LogP contribution in [0.25, 0.3) is 0 Å². The topological polar surface area (TPSA) is 90.1 Å². The van der Waals surface area contributed by atoms with E-state index in [9.17, 15) is 4.79 Å². The van der Waals surface area contributed by atoms with Gasteiger partial charge in [0.1, 0.15) is 11.5 Å². The Labute approximate surface area is 117 Å². The quantitative estimate of drug-likeness (QED) is 0.860. The molecule has 1 aromatic heterocycles. The molecule has 1 aromatic carbocycles. The minimum atomic E-state index is -0.317. The molecule has 6 nitrogen and oxygen atoms in total. The number of carbonyl (C=O) groups excluding carboxylic acids is 1. The molecule has 0 bridgehead atoms. The van der Waals surface area contributed by atoms with Crippen molar-refractivity contribution >= 4 is 17.4 Å². The summed E-state index contributed by atoms with van der Waals surface area (Å²) in [5.41, 5.74) is 7.41. The molecule has 0 aliphatic carbocycles. The van der Waals surface area contributed by atoms with E-state index in [4.69, 9.17) is 10.5 Å². The maximum Gasteiger partial charge on any atom is 0.275 e. The third kappa shape index (κ3) is 3.52. The van der Waals surface area contributed by atoms with Gasteiger partial charge in [0.2, 0.25) is 0 Å². The van der Waals surface area contributed by atoms with Crippen molar-refractivity contribution in [3.8, 4) is 0 Å². The van der Waals surface area contributed by atoms with E-state index < -0.39 is 0 Å². The minimum absolute atomic E-state index is 0.223. The highest BCUT2D eigenvalue weighted by atomic mass is 16.5. The number of nitrogen functional groups attached to an aromatic ring is 1. The van der Waals surface area contributed by atoms with Crippen molar-refractivity contribution in [2.24, 2.45) is 0 Å². The molecule has 1 heterocycles. The summed E-state index contributed by atoms with van der Waals surface area (Å²) in [6.45, 7) is 0.592. The van der Waals surface area contributed by atoms with Gasteiger partial charge in [-0.1, -0.05) is 18.2 Å². The van der Waals surface area contributed by atoms with Crippen molar-refractivity contribution in [3.05, 3.63) is 47.9 Å². The number of methoxy groups -OCH3 is 1. The van der Waals surface area contributed by atoms with Gasteiger partial charge in [0.15, 0.2) is 0 Å². The van der Waals surface area contributed by atoms with Crippen molar-refractivity contribution in [1.29, 1.82) is 0 Å². The van der Waals surface area contributed by atoms with E-state index in [-0.39, 0.29) is 17.4 Å². The van der Waals surface area contributed by atoms with Gasteiger partial charge in [-0.3, -0.25) is 4.79 Å². The first-order chi connectivity index (χ1) is 9.70. The smallest absolute Gasteiger partial charge is 0.275 e. The van der Waals surface area contributed by atoms with Gasteiger partial charge < -0.3 is 15.8 Å². The number of nitrogens with zero attached hydrogens (tertiary/aromatic N) is 2. The van der Waals surface area contributed by atoms with Crippen molar-refractivity contribution in [2.45, 2.75) is 6.42 Å². The predicted molar refractivity (Wildman–Crippen MR) is 76.4 cm³/mol. The Morgan fingerprint density at radius 1 is 1.30 bits per heavy atom. The van der Waals surface area contributed by atoms with E-state index >= 15 is 0 Å². The van der Waals surface area contributed by atoms with Crippen LogP contribution in [-0.2, 0) is 11.2 Å². The number of hydrogen-bond acceptors (Lipinski definition) is 5. The van der Waals surface area contributed by atoms with Crippen LogP contribution in [-0.4, -0.2) is 29.6 Å². The van der Waals surface area contributed by atoms with Crippen LogP contribution in [0.3, 0.4) is 0 Å². The minimum Gasteiger partial charge on any atom is -0.384 e. The number of nitrogens with two attached hydrogens (primary N) is 1. The Balaban J connectivity index is 2.13. The molecule has 0 saturated heterocycles. The number of anilines is 2. The number of ether oxygens (including phenoxy) is 1. The third-order valence-corrected chi connectivity index (χ3v) is 2.75. The second-order valence-electron chi connectivity index (χ2n) is 4.18. The lowest BCUT2D eigenvalue weighted by atomic mass is 10.1. The van der Waals surface area contributed by atoms with Gasteiger partial charge in [-0.05, 0) is 18.1 Å². The van der Waals surface area contributed by atoms with Crippen LogP contribution in [0.5, 0.6) is 0 Å². The van der Waals surface area contributed by atoms with Gasteiger partial charge in [-0.25, -0.2) is 9.97 Å². The summed E-state index contributed by atoms with van der Waals surface area (Å²) in [7, 11) is 1.64. The fraction of sp³-hybridized carbons (Fsp3) is 0.214. The molecule has 2 rings (SSSR count). The molecule has 0 aliphatic rings. The van der Waals surface area contributed by atoms with Gasteiger partial charge >= 0.3 is 0 Å². The molecule has 0 spiro atoms. The van der Waals surface area contributed by atoms with Crippen molar-refractivity contribution in [3.63, 3.8) is 0 Å². The molecule has 20 heavy (non-hydrogen) atoms. The number of aromatic nitrogens is 2. The summed E-state index contributed by atoms with van der Waals surface area (Å²) in [5, 5.41) is 2.82. The molecular formula is C14H16N4O2. The lowest BCUT2D eigenvalue weighted by Gasteiger charge is -2.10. The summed E-state index contributed by atoms with van der Waals surface area (Å²) in [4.78, 5) is 19.9. The van der Waals surface area contributed by atoms with E-state index in [0.29, 0.717) is 6.61 Å². The van der Waals surface area contributed by atoms with Crippen molar-refractivity contribution < 1.29 is 9.53 Å². The van der Waals surface area contributed by atoms with Crippen molar-refractivity contribution in [1.82, 2.24) is 9.97 Å². The highest BCUT2D eigenvalue weighted by Gasteiger charge is 2.10. The standard InChI is InChI=1S/C14H16N4O2/c1-20-7-6-10-4-2-3-5-11(10)18-14(19)12-8-17-13(15)9-16-12/h2-5,8-9H,6-7H2,1H3,(H2,15,17)(H,18,19). The Morgan fingerprint density at radius 3 is 2.80 bits per heavy atom. The van der Waals surface area contributed by atoms with E-state index in [2.05, 4.69) is 15.3 Å². The van der Waals surface area contributed by atoms with Crippen molar-refractivity contribution in [2.75, 3.05) is 24.8 Å². The summed E-state index contributed by atoms with van der Waals surface area (Å²) in [6.07, 6.45) is 3.43. The number of benzene rings is 1. The van der Waals surface area contributed by atoms with E-state index in [1.165, 1.54) is 12.4 Å². The first-order valence-corrected chi connectivity index (χ1v) is 6.16. The summed E-state index contributed by atoms with van der Waals surface area (Å²) >= 11 is 0. The molecule has 0 unspecified atom stereocenters. The summed E-state index contributed by atoms with van der Waals surface area (Å²) < 4.78 is 5.05. The number of para-hydroxylation sites is 1. The normalized spacial score (nSPS) is 10.2. The van der Waals surface area contributed by atoms with Crippen LogP contribution < -0.4 is 11.1 Å². The molecule has 0 radical (unpaired) electrons. The van der Waals surface area contributed by atoms with Gasteiger partial charge in [0.25, 0.3) is 5.91 Å². The van der Waals surface area contributed by atoms with Gasteiger partial charge in [-0.15, -0.1) is 0 Å². The maximum absolute atomic E-state index is 12.1. The van der Waals surface area contributed by atoms with Crippen LogP contribution in [0.4, 0.5) is 11.5 Å². The molecule has 0 atom stereocenters. The highest BCUT2D eigenvalue weighted by Crippen LogP contribution is 2.16. The first-order valence-electron chi connectivity index (χ1n) is 6.16. The van der Waals surface area contributed by atoms with E-state index in [1.807, 2.05) is 24.3 Å². The highest BCUT2D eigenvalue weighted by molar-refractivity contribution is 6.03. The maximum atomic E-state index is 12.1. The number of nitrogens with one attached hydrogen (secondary N) is 1. The largest absolute Gasteiger partial charge is 0.384 e. The summed E-state index contributed by atoms with van der Waals surface area (Å²) in [5.74, 6) is -0.0376. The lowest BCUT2D eigenvalue weighted by Crippen LogP contribution is -2.15. The summed E-state index contributed by atoms with van der Waals surface area (Å²) in [6, 6.07) is 7.57. The molecule has 0 fully saturated rings. The zero-order chi connectivity index (χ0) is 14.4. The van der Waals surface area contributed by atoms with E-state index in [1.54, 1.807) is 7.11 Å². The predicted octanol–water partition coefficient (Wildman–Crippen LogP) is 1.50. The SMILES string of the molecule is COCCc1ccccc1NC(=O)c1cnc(N)cn1. The second-order valence-corrected chi connectivity index (χ2v) is 4.18. The fourth-order valence-corrected chi connectivity index (χ4v) is 1.71. The second kappa shape index (κ2) is 6.63. The van der Waals surface area contributed by atoms with Crippen LogP contribution in [0, 0.1) is 0 Å². The van der Waals surface area contributed by atoms with Crippen LogP contribution in [0.1, 0.15) is 16.1 Å². The third-order valence-electron chi connectivity index (χ3n) is 2.75. The zero-order valence-corrected chi connectivity index (χ0v) is 11.2. The molecule has 0 aliphatic heterocycles. The average molecular weight is 272 g/mol. The molecule has 104 valence electrons. The molecule has 2 aromatic rings. The van der Waals surface area contributed by atoms with Gasteiger partial charge in [-0.2, -0.15) is 0 Å². The molecule has 1 amide bonds. The molecule has 3 N–H and O–H groups in total. The monoisotopic (exact) mass is 272 g/mol. The van der Waals surface area contributed by atoms with E-state index in [0.717, 1.165) is 17.7 Å². The Hall–Kier alpha value is -2.47. The zero-order valence-electron chi connectivity index (χ0n) is 11.2. The van der Waals surface area contributed by atoms with Crippen LogP contribution >= 0.6 is 0 Å². The van der Waals surface area contributed by atoms with Crippen LogP contribution in [0.15, 0.2) is 36.7 Å². The Morgan fingerprint density at radius 2 is 2.10 bits per heavy atom. The fourth-order valence-electron chi connectivity index (χ4n) is 1.71. The molecular weight excluding hydrogens is 256 g/mol. The van der Waals surface area contributed by atoms with Crippen LogP contribution in [0.2, 0.25) is 0 Å². The first kappa shape index (κ1) is 14.0. The number of hydrogen-bond donors (Lipinski definition) is 2. The van der Waals surface area contributed by atoms with Gasteiger partial charge in [0.05, 0.1) is 19.0 Å². The number of carbonyl (C=O) groups is 1. The Kier molecular flexibility index (Phi) is 4.62.